The van der Waals surface area contributed by atoms with E-state index < -0.39 is 0 Å². The van der Waals surface area contributed by atoms with Crippen molar-refractivity contribution in [3.63, 3.8) is 0 Å². The molecule has 0 bridgehead atoms. The van der Waals surface area contributed by atoms with Crippen molar-refractivity contribution in [1.82, 2.24) is 0 Å². The third kappa shape index (κ3) is 2.89. The molecule has 0 radical (unpaired) electrons. The molecule has 2 atom stereocenters. The number of rotatable bonds is 3. The lowest BCUT2D eigenvalue weighted by Crippen LogP contribution is -2.40. The highest BCUT2D eigenvalue weighted by atomic mass is 79.9. The van der Waals surface area contributed by atoms with E-state index in [4.69, 9.17) is 5.73 Å². The smallest absolute Gasteiger partial charge is 0.0417 e. The standard InChI is InChI=1S/C15H23BrN2/c1-3-13-6-4-5-9-18(13)15-8-7-12(16)10-14(15)11(2)17/h7-8,10-11,13H,3-6,9,17H2,1-2H3. The summed E-state index contributed by atoms with van der Waals surface area (Å²) >= 11 is 3.55. The van der Waals surface area contributed by atoms with Crippen molar-refractivity contribution in [3.05, 3.63) is 28.2 Å². The number of nitrogens with two attached hydrogens (primary N) is 1. The summed E-state index contributed by atoms with van der Waals surface area (Å²) < 4.78 is 1.11. The summed E-state index contributed by atoms with van der Waals surface area (Å²) in [4.78, 5) is 2.56. The number of hydrogen-bond acceptors (Lipinski definition) is 2. The summed E-state index contributed by atoms with van der Waals surface area (Å²) in [5, 5.41) is 0. The SMILES string of the molecule is CCC1CCCCN1c1ccc(Br)cc1C(C)N. The number of benzene rings is 1. The molecule has 1 aliphatic heterocycles. The van der Waals surface area contributed by atoms with E-state index in [-0.39, 0.29) is 6.04 Å². The molecule has 1 saturated heterocycles. The molecule has 1 fully saturated rings. The lowest BCUT2D eigenvalue weighted by atomic mass is 9.96. The Balaban J connectivity index is 2.36. The van der Waals surface area contributed by atoms with Gasteiger partial charge in [0.25, 0.3) is 0 Å². The molecule has 100 valence electrons. The molecule has 1 aromatic rings. The van der Waals surface area contributed by atoms with Crippen LogP contribution in [0.25, 0.3) is 0 Å². The predicted octanol–water partition coefficient (Wildman–Crippen LogP) is 4.24. The van der Waals surface area contributed by atoms with Crippen molar-refractivity contribution in [2.75, 3.05) is 11.4 Å². The van der Waals surface area contributed by atoms with Gasteiger partial charge in [0.05, 0.1) is 0 Å². The Labute approximate surface area is 119 Å². The fourth-order valence-corrected chi connectivity index (χ4v) is 3.27. The zero-order valence-electron chi connectivity index (χ0n) is 11.3. The first-order valence-corrected chi connectivity index (χ1v) is 7.74. The van der Waals surface area contributed by atoms with Crippen LogP contribution in [0.3, 0.4) is 0 Å². The van der Waals surface area contributed by atoms with Gasteiger partial charge in [-0.25, -0.2) is 0 Å². The van der Waals surface area contributed by atoms with E-state index in [9.17, 15) is 0 Å². The van der Waals surface area contributed by atoms with Crippen LogP contribution in [0.5, 0.6) is 0 Å². The lowest BCUT2D eigenvalue weighted by Gasteiger charge is -2.38. The van der Waals surface area contributed by atoms with Crippen LogP contribution in [0.2, 0.25) is 0 Å². The highest BCUT2D eigenvalue weighted by Crippen LogP contribution is 2.33. The van der Waals surface area contributed by atoms with Crippen LogP contribution in [-0.4, -0.2) is 12.6 Å². The summed E-state index contributed by atoms with van der Waals surface area (Å²) in [6.07, 6.45) is 5.18. The Morgan fingerprint density at radius 1 is 1.44 bits per heavy atom. The number of halogens is 1. The largest absolute Gasteiger partial charge is 0.368 e. The van der Waals surface area contributed by atoms with Crippen molar-refractivity contribution in [2.45, 2.75) is 51.6 Å². The van der Waals surface area contributed by atoms with Crippen molar-refractivity contribution in [1.29, 1.82) is 0 Å². The van der Waals surface area contributed by atoms with E-state index in [1.807, 2.05) is 0 Å². The molecular weight excluding hydrogens is 288 g/mol. The average molecular weight is 311 g/mol. The maximum atomic E-state index is 6.13. The van der Waals surface area contributed by atoms with E-state index in [1.165, 1.54) is 43.5 Å². The van der Waals surface area contributed by atoms with Crippen LogP contribution < -0.4 is 10.6 Å². The second kappa shape index (κ2) is 6.07. The second-order valence-electron chi connectivity index (χ2n) is 5.24. The number of hydrogen-bond donors (Lipinski definition) is 1. The van der Waals surface area contributed by atoms with Gasteiger partial charge in [-0.2, -0.15) is 0 Å². The van der Waals surface area contributed by atoms with E-state index in [1.54, 1.807) is 0 Å². The number of nitrogens with zero attached hydrogens (tertiary/aromatic N) is 1. The minimum Gasteiger partial charge on any atom is -0.368 e. The van der Waals surface area contributed by atoms with Gasteiger partial charge in [0.15, 0.2) is 0 Å². The fraction of sp³-hybridized carbons (Fsp3) is 0.600. The molecule has 2 unspecified atom stereocenters. The first-order valence-electron chi connectivity index (χ1n) is 6.95. The van der Waals surface area contributed by atoms with Crippen LogP contribution in [0.15, 0.2) is 22.7 Å². The van der Waals surface area contributed by atoms with E-state index >= 15 is 0 Å². The molecule has 1 aromatic carbocycles. The summed E-state index contributed by atoms with van der Waals surface area (Å²) in [6.45, 7) is 5.52. The van der Waals surface area contributed by atoms with Gasteiger partial charge in [0, 0.05) is 28.8 Å². The maximum Gasteiger partial charge on any atom is 0.0417 e. The van der Waals surface area contributed by atoms with E-state index in [0.29, 0.717) is 6.04 Å². The van der Waals surface area contributed by atoms with Crippen LogP contribution in [-0.2, 0) is 0 Å². The molecule has 0 saturated carbocycles. The minimum atomic E-state index is 0.0805. The van der Waals surface area contributed by atoms with Crippen molar-refractivity contribution < 1.29 is 0 Å². The first kappa shape index (κ1) is 13.9. The van der Waals surface area contributed by atoms with Gasteiger partial charge in [-0.3, -0.25) is 0 Å². The summed E-state index contributed by atoms with van der Waals surface area (Å²) in [6, 6.07) is 7.27. The summed E-state index contributed by atoms with van der Waals surface area (Å²) in [7, 11) is 0. The zero-order valence-corrected chi connectivity index (χ0v) is 12.9. The third-order valence-corrected chi connectivity index (χ3v) is 4.38. The maximum absolute atomic E-state index is 6.13. The molecular formula is C15H23BrN2. The monoisotopic (exact) mass is 310 g/mol. The molecule has 0 spiro atoms. The van der Waals surface area contributed by atoms with Crippen LogP contribution in [0.1, 0.15) is 51.1 Å². The van der Waals surface area contributed by atoms with Crippen molar-refractivity contribution in [2.24, 2.45) is 5.73 Å². The van der Waals surface area contributed by atoms with Crippen molar-refractivity contribution >= 4 is 21.6 Å². The number of piperidine rings is 1. The van der Waals surface area contributed by atoms with Gasteiger partial charge < -0.3 is 10.6 Å². The molecule has 0 aromatic heterocycles. The molecule has 2 N–H and O–H groups in total. The Morgan fingerprint density at radius 2 is 2.22 bits per heavy atom. The van der Waals surface area contributed by atoms with E-state index in [0.717, 1.165) is 4.47 Å². The Kier molecular flexibility index (Phi) is 4.68. The molecule has 0 amide bonds. The van der Waals surface area contributed by atoms with Crippen molar-refractivity contribution in [3.8, 4) is 0 Å². The fourth-order valence-electron chi connectivity index (χ4n) is 2.89. The van der Waals surface area contributed by atoms with Crippen LogP contribution in [0.4, 0.5) is 5.69 Å². The van der Waals surface area contributed by atoms with Gasteiger partial charge in [-0.05, 0) is 56.4 Å². The Bertz CT molecular complexity index is 403. The Hall–Kier alpha value is -0.540. The molecule has 1 heterocycles. The van der Waals surface area contributed by atoms with Gasteiger partial charge in [0.2, 0.25) is 0 Å². The third-order valence-electron chi connectivity index (χ3n) is 3.89. The molecule has 0 aliphatic carbocycles. The summed E-state index contributed by atoms with van der Waals surface area (Å²) in [5.41, 5.74) is 8.72. The molecule has 2 rings (SSSR count). The van der Waals surface area contributed by atoms with Gasteiger partial charge in [0.1, 0.15) is 0 Å². The highest BCUT2D eigenvalue weighted by molar-refractivity contribution is 9.10. The number of anilines is 1. The van der Waals surface area contributed by atoms with Gasteiger partial charge >= 0.3 is 0 Å². The Morgan fingerprint density at radius 3 is 2.89 bits per heavy atom. The molecule has 18 heavy (non-hydrogen) atoms. The lowest BCUT2D eigenvalue weighted by molar-refractivity contribution is 0.448. The predicted molar refractivity (Wildman–Crippen MR) is 82.0 cm³/mol. The summed E-state index contributed by atoms with van der Waals surface area (Å²) in [5.74, 6) is 0. The normalized spacial score (nSPS) is 22.0. The van der Waals surface area contributed by atoms with Gasteiger partial charge in [-0.15, -0.1) is 0 Å². The first-order chi connectivity index (χ1) is 8.63. The topological polar surface area (TPSA) is 29.3 Å². The van der Waals surface area contributed by atoms with E-state index in [2.05, 4.69) is 52.9 Å². The second-order valence-corrected chi connectivity index (χ2v) is 6.16. The highest BCUT2D eigenvalue weighted by Gasteiger charge is 2.23. The average Bonchev–Trinajstić information content (AvgIpc) is 2.38. The molecule has 2 nitrogen and oxygen atoms in total. The quantitative estimate of drug-likeness (QED) is 0.905. The molecule has 1 aliphatic rings. The van der Waals surface area contributed by atoms with Crippen LogP contribution >= 0.6 is 15.9 Å². The van der Waals surface area contributed by atoms with Gasteiger partial charge in [-0.1, -0.05) is 22.9 Å². The van der Waals surface area contributed by atoms with Crippen LogP contribution in [0, 0.1) is 0 Å². The molecule has 3 heteroatoms. The zero-order chi connectivity index (χ0) is 13.1. The minimum absolute atomic E-state index is 0.0805.